The first-order chi connectivity index (χ1) is 12.9. The number of hydrogen-bond acceptors (Lipinski definition) is 6. The van der Waals surface area contributed by atoms with Gasteiger partial charge >= 0.3 is 0 Å². The SMILES string of the molecule is CCCCC(=O)N=C1SC2CS(=O)(=O)CC2N1Cc1ccc2c(c1)OCO2. The number of benzene rings is 1. The normalized spacial score (nSPS) is 26.6. The molecule has 0 aromatic heterocycles. The van der Waals surface area contributed by atoms with Crippen LogP contribution in [0, 0.1) is 0 Å². The van der Waals surface area contributed by atoms with E-state index < -0.39 is 9.84 Å². The minimum atomic E-state index is -3.05. The lowest BCUT2D eigenvalue weighted by molar-refractivity contribution is -0.117. The highest BCUT2D eigenvalue weighted by Gasteiger charge is 2.48. The Morgan fingerprint density at radius 3 is 2.93 bits per heavy atom. The molecule has 3 aliphatic heterocycles. The highest BCUT2D eigenvalue weighted by atomic mass is 32.2. The van der Waals surface area contributed by atoms with Gasteiger partial charge < -0.3 is 14.4 Å². The van der Waals surface area contributed by atoms with Crippen molar-refractivity contribution >= 4 is 32.7 Å². The Balaban J connectivity index is 1.58. The van der Waals surface area contributed by atoms with Crippen LogP contribution in [0.3, 0.4) is 0 Å². The van der Waals surface area contributed by atoms with Gasteiger partial charge in [0.1, 0.15) is 0 Å². The summed E-state index contributed by atoms with van der Waals surface area (Å²) in [5.41, 5.74) is 0.971. The van der Waals surface area contributed by atoms with Crippen molar-refractivity contribution in [3.63, 3.8) is 0 Å². The molecule has 146 valence electrons. The number of aliphatic imine (C=N–C) groups is 1. The van der Waals surface area contributed by atoms with Crippen LogP contribution < -0.4 is 9.47 Å². The third kappa shape index (κ3) is 3.94. The maximum Gasteiger partial charge on any atom is 0.248 e. The maximum atomic E-state index is 12.2. The molecule has 2 fully saturated rings. The van der Waals surface area contributed by atoms with Crippen molar-refractivity contribution in [2.75, 3.05) is 18.3 Å². The van der Waals surface area contributed by atoms with Crippen molar-refractivity contribution < 1.29 is 22.7 Å². The van der Waals surface area contributed by atoms with Gasteiger partial charge in [-0.2, -0.15) is 4.99 Å². The number of fused-ring (bicyclic) bond motifs is 2. The van der Waals surface area contributed by atoms with Gasteiger partial charge in [-0.05, 0) is 24.1 Å². The molecule has 3 aliphatic rings. The van der Waals surface area contributed by atoms with E-state index in [1.807, 2.05) is 30.0 Å². The summed E-state index contributed by atoms with van der Waals surface area (Å²) in [6, 6.07) is 5.54. The Labute approximate surface area is 163 Å². The van der Waals surface area contributed by atoms with Crippen LogP contribution in [-0.2, 0) is 21.2 Å². The zero-order valence-corrected chi connectivity index (χ0v) is 16.7. The third-order valence-electron chi connectivity index (χ3n) is 4.93. The zero-order valence-electron chi connectivity index (χ0n) is 15.1. The number of nitrogens with zero attached hydrogens (tertiary/aromatic N) is 2. The van der Waals surface area contributed by atoms with E-state index in [2.05, 4.69) is 4.99 Å². The van der Waals surface area contributed by atoms with Crippen LogP contribution in [0.1, 0.15) is 31.7 Å². The van der Waals surface area contributed by atoms with E-state index in [9.17, 15) is 13.2 Å². The van der Waals surface area contributed by atoms with Crippen molar-refractivity contribution in [1.82, 2.24) is 4.90 Å². The number of carbonyl (C=O) groups excluding carboxylic acids is 1. The van der Waals surface area contributed by atoms with Gasteiger partial charge in [0.2, 0.25) is 12.7 Å². The van der Waals surface area contributed by atoms with Crippen LogP contribution in [0.2, 0.25) is 0 Å². The Morgan fingerprint density at radius 1 is 1.30 bits per heavy atom. The summed E-state index contributed by atoms with van der Waals surface area (Å²) in [6.07, 6.45) is 2.17. The summed E-state index contributed by atoms with van der Waals surface area (Å²) >= 11 is 1.42. The number of thioether (sulfide) groups is 1. The summed E-state index contributed by atoms with van der Waals surface area (Å²) in [4.78, 5) is 18.5. The standard InChI is InChI=1S/C18H22N2O5S2/c1-2-3-4-17(21)19-18-20(13-9-27(22,23)10-16(13)26-18)8-12-5-6-14-15(7-12)25-11-24-14/h5-7,13,16H,2-4,8-11H2,1H3. The molecule has 27 heavy (non-hydrogen) atoms. The molecule has 0 N–H and O–H groups in total. The number of rotatable bonds is 5. The van der Waals surface area contributed by atoms with Gasteiger partial charge in [0.05, 0.1) is 17.5 Å². The van der Waals surface area contributed by atoms with Crippen molar-refractivity contribution in [1.29, 1.82) is 0 Å². The number of hydrogen-bond donors (Lipinski definition) is 0. The molecule has 1 amide bonds. The van der Waals surface area contributed by atoms with Crippen molar-refractivity contribution in [2.24, 2.45) is 4.99 Å². The molecule has 2 unspecified atom stereocenters. The molecule has 0 saturated carbocycles. The first kappa shape index (κ1) is 18.6. The average Bonchev–Trinajstić information content (AvgIpc) is 3.27. The van der Waals surface area contributed by atoms with E-state index in [4.69, 9.17) is 9.47 Å². The second-order valence-corrected chi connectivity index (χ2v) is 10.4. The van der Waals surface area contributed by atoms with E-state index in [-0.39, 0.29) is 35.5 Å². The fraction of sp³-hybridized carbons (Fsp3) is 0.556. The van der Waals surface area contributed by atoms with Crippen LogP contribution in [0.15, 0.2) is 23.2 Å². The summed E-state index contributed by atoms with van der Waals surface area (Å²) in [6.45, 7) is 2.73. The molecule has 2 atom stereocenters. The first-order valence-corrected chi connectivity index (χ1v) is 11.8. The molecule has 4 rings (SSSR count). The number of amidine groups is 1. The smallest absolute Gasteiger partial charge is 0.248 e. The summed E-state index contributed by atoms with van der Waals surface area (Å²) in [5.74, 6) is 1.50. The fourth-order valence-corrected chi connectivity index (χ4v) is 7.52. The van der Waals surface area contributed by atoms with E-state index in [1.165, 1.54) is 11.8 Å². The predicted octanol–water partition coefficient (Wildman–Crippen LogP) is 2.20. The van der Waals surface area contributed by atoms with Crippen LogP contribution in [0.4, 0.5) is 0 Å². The van der Waals surface area contributed by atoms with Gasteiger partial charge in [-0.15, -0.1) is 0 Å². The number of sulfone groups is 1. The van der Waals surface area contributed by atoms with Gasteiger partial charge in [-0.25, -0.2) is 8.42 Å². The molecule has 2 saturated heterocycles. The van der Waals surface area contributed by atoms with Crippen LogP contribution in [0.5, 0.6) is 11.5 Å². The highest BCUT2D eigenvalue weighted by Crippen LogP contribution is 2.40. The second kappa shape index (κ2) is 7.35. The maximum absolute atomic E-state index is 12.2. The van der Waals surface area contributed by atoms with Gasteiger partial charge in [-0.3, -0.25) is 4.79 Å². The lowest BCUT2D eigenvalue weighted by Gasteiger charge is -2.24. The average molecular weight is 411 g/mol. The van der Waals surface area contributed by atoms with E-state index in [1.54, 1.807) is 0 Å². The minimum absolute atomic E-state index is 0.0678. The number of amides is 1. The molecule has 3 heterocycles. The molecule has 7 nitrogen and oxygen atoms in total. The van der Waals surface area contributed by atoms with Crippen LogP contribution in [-0.4, -0.2) is 54.0 Å². The van der Waals surface area contributed by atoms with E-state index >= 15 is 0 Å². The minimum Gasteiger partial charge on any atom is -0.454 e. The molecule has 1 aromatic rings. The zero-order chi connectivity index (χ0) is 19.0. The van der Waals surface area contributed by atoms with Crippen molar-refractivity contribution in [3.8, 4) is 11.5 Å². The molecule has 0 bridgehead atoms. The number of ether oxygens (including phenoxy) is 2. The Hall–Kier alpha value is -1.74. The van der Waals surface area contributed by atoms with Gasteiger partial charge in [0, 0.05) is 18.2 Å². The summed E-state index contributed by atoms with van der Waals surface area (Å²) in [5, 5.41) is 0.570. The van der Waals surface area contributed by atoms with E-state index in [0.29, 0.717) is 29.6 Å². The monoisotopic (exact) mass is 410 g/mol. The Kier molecular flexibility index (Phi) is 5.07. The second-order valence-electron chi connectivity index (χ2n) is 7.01. The molecule has 1 aromatic carbocycles. The number of carbonyl (C=O) groups is 1. The molecule has 0 radical (unpaired) electrons. The topological polar surface area (TPSA) is 85.3 Å². The van der Waals surface area contributed by atoms with E-state index in [0.717, 1.165) is 18.4 Å². The molecule has 0 aliphatic carbocycles. The highest BCUT2D eigenvalue weighted by molar-refractivity contribution is 8.15. The summed E-state index contributed by atoms with van der Waals surface area (Å²) in [7, 11) is -3.05. The first-order valence-electron chi connectivity index (χ1n) is 9.09. The molecular formula is C18H22N2O5S2. The largest absolute Gasteiger partial charge is 0.454 e. The lowest BCUT2D eigenvalue weighted by Crippen LogP contribution is -2.37. The van der Waals surface area contributed by atoms with Crippen molar-refractivity contribution in [3.05, 3.63) is 23.8 Å². The third-order valence-corrected chi connectivity index (χ3v) is 8.18. The Morgan fingerprint density at radius 2 is 2.11 bits per heavy atom. The Bertz CT molecular complexity index is 884. The van der Waals surface area contributed by atoms with Crippen LogP contribution in [0.25, 0.3) is 0 Å². The van der Waals surface area contributed by atoms with Crippen LogP contribution >= 0.6 is 11.8 Å². The predicted molar refractivity (Wildman–Crippen MR) is 104 cm³/mol. The lowest BCUT2D eigenvalue weighted by atomic mass is 10.1. The number of unbranched alkanes of at least 4 members (excludes halogenated alkanes) is 1. The molecule has 9 heteroatoms. The van der Waals surface area contributed by atoms with Crippen molar-refractivity contribution in [2.45, 2.75) is 44.0 Å². The molecule has 0 spiro atoms. The summed E-state index contributed by atoms with van der Waals surface area (Å²) < 4.78 is 34.9. The van der Waals surface area contributed by atoms with Gasteiger partial charge in [-0.1, -0.05) is 31.2 Å². The molecular weight excluding hydrogens is 388 g/mol. The quantitative estimate of drug-likeness (QED) is 0.736. The van der Waals surface area contributed by atoms with Gasteiger partial charge in [0.25, 0.3) is 0 Å². The van der Waals surface area contributed by atoms with Gasteiger partial charge in [0.15, 0.2) is 26.5 Å². The fourth-order valence-electron chi connectivity index (χ4n) is 3.55.